The second-order valence-corrected chi connectivity index (χ2v) is 6.30. The van der Waals surface area contributed by atoms with Crippen molar-refractivity contribution in [2.75, 3.05) is 12.4 Å². The van der Waals surface area contributed by atoms with Gasteiger partial charge in [0.2, 0.25) is 0 Å². The Labute approximate surface area is 145 Å². The zero-order chi connectivity index (χ0) is 17.3. The molecule has 0 spiro atoms. The maximum Gasteiger partial charge on any atom is 0.269 e. The fourth-order valence-corrected chi connectivity index (χ4v) is 3.61. The monoisotopic (exact) mass is 362 g/mol. The molecule has 0 aliphatic heterocycles. The topological polar surface area (TPSA) is 81.5 Å². The van der Waals surface area contributed by atoms with Gasteiger partial charge in [-0.15, -0.1) is 11.3 Å². The van der Waals surface area contributed by atoms with E-state index in [2.05, 4.69) is 5.32 Å². The second kappa shape index (κ2) is 6.46. The van der Waals surface area contributed by atoms with Gasteiger partial charge < -0.3 is 10.1 Å². The molecule has 0 saturated heterocycles. The second-order valence-electron chi connectivity index (χ2n) is 4.87. The third kappa shape index (κ3) is 3.04. The number of benzene rings is 2. The molecule has 1 N–H and O–H groups in total. The highest BCUT2D eigenvalue weighted by molar-refractivity contribution is 7.21. The van der Waals surface area contributed by atoms with Crippen molar-refractivity contribution in [2.45, 2.75) is 0 Å². The molecule has 0 saturated carbocycles. The Bertz CT molecular complexity index is 937. The molecule has 0 bridgehead atoms. The molecule has 0 radical (unpaired) electrons. The largest absolute Gasteiger partial charge is 0.497 e. The predicted octanol–water partition coefficient (Wildman–Crippen LogP) is 4.72. The standard InChI is InChI=1S/C16H11ClN2O4S/c1-23-11-6-7-12-13(8-11)24-15(14(12)17)16(20)18-9-2-4-10(5-3-9)19(21)22/h2-8H,1H3,(H,18,20). The number of hydrogen-bond acceptors (Lipinski definition) is 5. The van der Waals surface area contributed by atoms with Crippen molar-refractivity contribution in [2.24, 2.45) is 0 Å². The van der Waals surface area contributed by atoms with Gasteiger partial charge in [0.15, 0.2) is 0 Å². The zero-order valence-corrected chi connectivity index (χ0v) is 14.0. The van der Waals surface area contributed by atoms with Crippen LogP contribution in [0.4, 0.5) is 11.4 Å². The Kier molecular flexibility index (Phi) is 4.37. The summed E-state index contributed by atoms with van der Waals surface area (Å²) in [5.41, 5.74) is 0.414. The number of fused-ring (bicyclic) bond motifs is 1. The number of nitro benzene ring substituents is 1. The summed E-state index contributed by atoms with van der Waals surface area (Å²) in [6.07, 6.45) is 0. The zero-order valence-electron chi connectivity index (χ0n) is 12.4. The number of amides is 1. The molecule has 8 heteroatoms. The van der Waals surface area contributed by atoms with Gasteiger partial charge in [-0.2, -0.15) is 0 Å². The number of nitrogens with one attached hydrogen (secondary N) is 1. The third-order valence-electron chi connectivity index (χ3n) is 3.38. The smallest absolute Gasteiger partial charge is 0.269 e. The maximum atomic E-state index is 12.4. The first-order valence-corrected chi connectivity index (χ1v) is 8.01. The fraction of sp³-hybridized carbons (Fsp3) is 0.0625. The normalized spacial score (nSPS) is 10.6. The molecule has 1 amide bonds. The van der Waals surface area contributed by atoms with E-state index in [1.807, 2.05) is 6.07 Å². The van der Waals surface area contributed by atoms with E-state index in [1.165, 1.54) is 35.6 Å². The molecule has 24 heavy (non-hydrogen) atoms. The van der Waals surface area contributed by atoms with Gasteiger partial charge in [-0.1, -0.05) is 11.6 Å². The number of anilines is 1. The van der Waals surface area contributed by atoms with Crippen molar-refractivity contribution in [3.63, 3.8) is 0 Å². The van der Waals surface area contributed by atoms with Gasteiger partial charge in [-0.25, -0.2) is 0 Å². The number of methoxy groups -OCH3 is 1. The SMILES string of the molecule is COc1ccc2c(Cl)c(C(=O)Nc3ccc([N+](=O)[O-])cc3)sc2c1. The van der Waals surface area contributed by atoms with Gasteiger partial charge in [0.25, 0.3) is 11.6 Å². The number of ether oxygens (including phenoxy) is 1. The Balaban J connectivity index is 1.88. The van der Waals surface area contributed by atoms with E-state index >= 15 is 0 Å². The lowest BCUT2D eigenvalue weighted by Gasteiger charge is -2.03. The molecule has 0 aliphatic carbocycles. The highest BCUT2D eigenvalue weighted by Gasteiger charge is 2.18. The van der Waals surface area contributed by atoms with Gasteiger partial charge in [-0.05, 0) is 30.3 Å². The molecule has 3 aromatic rings. The lowest BCUT2D eigenvalue weighted by molar-refractivity contribution is -0.384. The molecule has 2 aromatic carbocycles. The Hall–Kier alpha value is -2.64. The minimum absolute atomic E-state index is 0.0417. The molecule has 1 aromatic heterocycles. The minimum atomic E-state index is -0.498. The van der Waals surface area contributed by atoms with Crippen molar-refractivity contribution in [1.82, 2.24) is 0 Å². The van der Waals surface area contributed by atoms with Gasteiger partial charge in [0, 0.05) is 27.9 Å². The van der Waals surface area contributed by atoms with E-state index in [0.29, 0.717) is 21.3 Å². The quantitative estimate of drug-likeness (QED) is 0.537. The summed E-state index contributed by atoms with van der Waals surface area (Å²) in [7, 11) is 1.57. The molecule has 0 unspecified atom stereocenters. The number of hydrogen-bond donors (Lipinski definition) is 1. The molecule has 0 fully saturated rings. The number of nitro groups is 1. The van der Waals surface area contributed by atoms with Crippen LogP contribution in [0.25, 0.3) is 10.1 Å². The summed E-state index contributed by atoms with van der Waals surface area (Å²) < 4.78 is 6.01. The number of carbonyl (C=O) groups is 1. The summed E-state index contributed by atoms with van der Waals surface area (Å²) in [6, 6.07) is 11.0. The number of non-ortho nitro benzene ring substituents is 1. The Morgan fingerprint density at radius 3 is 2.58 bits per heavy atom. The van der Waals surface area contributed by atoms with Gasteiger partial charge in [0.1, 0.15) is 10.6 Å². The molecule has 3 rings (SSSR count). The number of rotatable bonds is 4. The number of halogens is 1. The van der Waals surface area contributed by atoms with Crippen LogP contribution in [0, 0.1) is 10.1 Å². The molecular formula is C16H11ClN2O4S. The van der Waals surface area contributed by atoms with Crippen LogP contribution in [-0.2, 0) is 0 Å². The van der Waals surface area contributed by atoms with Gasteiger partial charge >= 0.3 is 0 Å². The predicted molar refractivity (Wildman–Crippen MR) is 94.4 cm³/mol. The van der Waals surface area contributed by atoms with Crippen LogP contribution in [-0.4, -0.2) is 17.9 Å². The first-order chi connectivity index (χ1) is 11.5. The lowest BCUT2D eigenvalue weighted by atomic mass is 10.2. The molecule has 0 aliphatic rings. The van der Waals surface area contributed by atoms with E-state index in [-0.39, 0.29) is 11.6 Å². The Morgan fingerprint density at radius 2 is 1.96 bits per heavy atom. The molecular weight excluding hydrogens is 352 g/mol. The number of nitrogens with zero attached hydrogens (tertiary/aromatic N) is 1. The highest BCUT2D eigenvalue weighted by atomic mass is 35.5. The molecule has 122 valence electrons. The summed E-state index contributed by atoms with van der Waals surface area (Å²) in [6.45, 7) is 0. The van der Waals surface area contributed by atoms with E-state index < -0.39 is 4.92 Å². The average Bonchev–Trinajstić information content (AvgIpc) is 2.91. The summed E-state index contributed by atoms with van der Waals surface area (Å²) in [4.78, 5) is 22.9. The van der Waals surface area contributed by atoms with Crippen LogP contribution in [0.5, 0.6) is 5.75 Å². The lowest BCUT2D eigenvalue weighted by Crippen LogP contribution is -2.10. The Morgan fingerprint density at radius 1 is 1.25 bits per heavy atom. The third-order valence-corrected chi connectivity index (χ3v) is 5.03. The van der Waals surface area contributed by atoms with E-state index in [0.717, 1.165) is 10.1 Å². The average molecular weight is 363 g/mol. The summed E-state index contributed by atoms with van der Waals surface area (Å²) >= 11 is 7.56. The first-order valence-electron chi connectivity index (χ1n) is 6.81. The minimum Gasteiger partial charge on any atom is -0.497 e. The number of thiophene rings is 1. The van der Waals surface area contributed by atoms with Crippen molar-refractivity contribution < 1.29 is 14.5 Å². The molecule has 0 atom stereocenters. The maximum absolute atomic E-state index is 12.4. The van der Waals surface area contributed by atoms with Gasteiger partial charge in [0.05, 0.1) is 17.1 Å². The van der Waals surface area contributed by atoms with Crippen LogP contribution in [0.1, 0.15) is 9.67 Å². The van der Waals surface area contributed by atoms with Crippen molar-refractivity contribution in [3.05, 3.63) is 62.5 Å². The van der Waals surface area contributed by atoms with Crippen LogP contribution in [0.2, 0.25) is 5.02 Å². The van der Waals surface area contributed by atoms with Crippen molar-refractivity contribution >= 4 is 50.3 Å². The van der Waals surface area contributed by atoms with E-state index in [9.17, 15) is 14.9 Å². The summed E-state index contributed by atoms with van der Waals surface area (Å²) in [5, 5.41) is 14.5. The van der Waals surface area contributed by atoms with Crippen molar-refractivity contribution in [1.29, 1.82) is 0 Å². The van der Waals surface area contributed by atoms with Crippen LogP contribution >= 0.6 is 22.9 Å². The van der Waals surface area contributed by atoms with Crippen molar-refractivity contribution in [3.8, 4) is 5.75 Å². The molecule has 6 nitrogen and oxygen atoms in total. The van der Waals surface area contributed by atoms with Crippen LogP contribution in [0.3, 0.4) is 0 Å². The van der Waals surface area contributed by atoms with E-state index in [1.54, 1.807) is 19.2 Å². The molecule has 1 heterocycles. The van der Waals surface area contributed by atoms with Crippen LogP contribution in [0.15, 0.2) is 42.5 Å². The van der Waals surface area contributed by atoms with Crippen LogP contribution < -0.4 is 10.1 Å². The first kappa shape index (κ1) is 16.2. The number of carbonyl (C=O) groups excluding carboxylic acids is 1. The summed E-state index contributed by atoms with van der Waals surface area (Å²) in [5.74, 6) is 0.316. The fourth-order valence-electron chi connectivity index (χ4n) is 2.17. The highest BCUT2D eigenvalue weighted by Crippen LogP contribution is 2.37. The van der Waals surface area contributed by atoms with E-state index in [4.69, 9.17) is 16.3 Å². The van der Waals surface area contributed by atoms with Gasteiger partial charge in [-0.3, -0.25) is 14.9 Å².